The lowest BCUT2D eigenvalue weighted by Gasteiger charge is -2.07. The minimum atomic E-state index is -0.304. The van der Waals surface area contributed by atoms with Crippen LogP contribution in [0.1, 0.15) is 21.9 Å². The molecular formula is C22H18IN3O3. The Morgan fingerprint density at radius 1 is 1.10 bits per heavy atom. The smallest absolute Gasteiger partial charge is 0.291 e. The molecule has 6 nitrogen and oxygen atoms in total. The van der Waals surface area contributed by atoms with Gasteiger partial charge in [-0.05, 0) is 82.8 Å². The van der Waals surface area contributed by atoms with Crippen LogP contribution < -0.4 is 10.1 Å². The van der Waals surface area contributed by atoms with Gasteiger partial charge in [-0.15, -0.1) is 0 Å². The van der Waals surface area contributed by atoms with Crippen LogP contribution in [0.5, 0.6) is 5.75 Å². The molecule has 0 saturated heterocycles. The summed E-state index contributed by atoms with van der Waals surface area (Å²) in [5.74, 6) is 1.27. The first-order valence-corrected chi connectivity index (χ1v) is 10.1. The van der Waals surface area contributed by atoms with E-state index in [9.17, 15) is 4.79 Å². The van der Waals surface area contributed by atoms with Crippen LogP contribution in [-0.2, 0) is 13.2 Å². The maximum absolute atomic E-state index is 12.5. The number of nitrogens with zero attached hydrogens (tertiary/aromatic N) is 2. The molecule has 2 aromatic carbocycles. The van der Waals surface area contributed by atoms with E-state index < -0.39 is 0 Å². The third kappa shape index (κ3) is 5.26. The first-order chi connectivity index (χ1) is 14.2. The van der Waals surface area contributed by atoms with Crippen molar-refractivity contribution in [2.75, 3.05) is 5.32 Å². The van der Waals surface area contributed by atoms with E-state index in [2.05, 4.69) is 33.0 Å². The second kappa shape index (κ2) is 8.95. The second-order valence-electron chi connectivity index (χ2n) is 6.37. The molecule has 7 heteroatoms. The Kier molecular flexibility index (Phi) is 5.95. The molecule has 0 bridgehead atoms. The molecule has 0 spiro atoms. The molecule has 2 heterocycles. The minimum Gasteiger partial charge on any atom is -0.486 e. The number of hydrogen-bond donors (Lipinski definition) is 1. The lowest BCUT2D eigenvalue weighted by Crippen LogP contribution is -2.11. The number of carbonyl (C=O) groups excluding carboxylic acids is 1. The lowest BCUT2D eigenvalue weighted by molar-refractivity contribution is 0.0992. The summed E-state index contributed by atoms with van der Waals surface area (Å²) in [6, 6.07) is 20.7. The largest absolute Gasteiger partial charge is 0.486 e. The van der Waals surface area contributed by atoms with E-state index in [1.54, 1.807) is 18.3 Å². The number of carbonyl (C=O) groups is 1. The van der Waals surface area contributed by atoms with Gasteiger partial charge in [0.25, 0.3) is 5.91 Å². The van der Waals surface area contributed by atoms with E-state index in [1.807, 2.05) is 65.5 Å². The Morgan fingerprint density at radius 2 is 1.97 bits per heavy atom. The van der Waals surface area contributed by atoms with E-state index in [1.165, 1.54) is 0 Å². The monoisotopic (exact) mass is 499 g/mol. The third-order valence-corrected chi connectivity index (χ3v) is 4.89. The van der Waals surface area contributed by atoms with Crippen LogP contribution in [-0.4, -0.2) is 15.7 Å². The number of furan rings is 1. The van der Waals surface area contributed by atoms with Crippen LogP contribution in [0.3, 0.4) is 0 Å². The van der Waals surface area contributed by atoms with Crippen LogP contribution in [0, 0.1) is 3.57 Å². The average Bonchev–Trinajstić information content (AvgIpc) is 3.40. The quantitative estimate of drug-likeness (QED) is 0.365. The molecule has 0 fully saturated rings. The minimum absolute atomic E-state index is 0.240. The molecule has 4 rings (SSSR count). The van der Waals surface area contributed by atoms with Gasteiger partial charge in [0.2, 0.25) is 0 Å². The van der Waals surface area contributed by atoms with Crippen molar-refractivity contribution in [3.05, 3.63) is 99.8 Å². The topological polar surface area (TPSA) is 69.3 Å². The molecule has 146 valence electrons. The van der Waals surface area contributed by atoms with Crippen LogP contribution in [0.2, 0.25) is 0 Å². The number of ether oxygens (including phenoxy) is 1. The van der Waals surface area contributed by atoms with Gasteiger partial charge in [-0.2, -0.15) is 5.10 Å². The summed E-state index contributed by atoms with van der Waals surface area (Å²) in [6.45, 7) is 0.894. The van der Waals surface area contributed by atoms with Crippen molar-refractivity contribution in [3.8, 4) is 5.75 Å². The molecule has 0 aliphatic heterocycles. The van der Waals surface area contributed by atoms with Gasteiger partial charge in [-0.1, -0.05) is 12.1 Å². The fourth-order valence-corrected chi connectivity index (χ4v) is 3.14. The van der Waals surface area contributed by atoms with E-state index in [0.29, 0.717) is 18.0 Å². The summed E-state index contributed by atoms with van der Waals surface area (Å²) in [4.78, 5) is 12.5. The number of halogens is 1. The number of rotatable bonds is 7. The van der Waals surface area contributed by atoms with E-state index in [-0.39, 0.29) is 18.3 Å². The fraction of sp³-hybridized carbons (Fsp3) is 0.0909. The van der Waals surface area contributed by atoms with Gasteiger partial charge in [0.15, 0.2) is 5.76 Å². The molecular weight excluding hydrogens is 481 g/mol. The van der Waals surface area contributed by atoms with Crippen molar-refractivity contribution in [2.24, 2.45) is 0 Å². The van der Waals surface area contributed by atoms with Gasteiger partial charge < -0.3 is 14.5 Å². The Morgan fingerprint density at radius 3 is 2.76 bits per heavy atom. The average molecular weight is 499 g/mol. The zero-order chi connectivity index (χ0) is 20.1. The predicted molar refractivity (Wildman–Crippen MR) is 118 cm³/mol. The zero-order valence-corrected chi connectivity index (χ0v) is 17.6. The highest BCUT2D eigenvalue weighted by Gasteiger charge is 2.12. The molecule has 1 amide bonds. The van der Waals surface area contributed by atoms with Crippen molar-refractivity contribution >= 4 is 34.2 Å². The summed E-state index contributed by atoms with van der Waals surface area (Å²) in [5, 5.41) is 7.07. The fourth-order valence-electron chi connectivity index (χ4n) is 2.78. The second-order valence-corrected chi connectivity index (χ2v) is 7.61. The number of nitrogens with one attached hydrogen (secondary N) is 1. The van der Waals surface area contributed by atoms with Crippen molar-refractivity contribution < 1.29 is 13.9 Å². The maximum Gasteiger partial charge on any atom is 0.291 e. The Labute approximate surface area is 181 Å². The summed E-state index contributed by atoms with van der Waals surface area (Å²) in [7, 11) is 0. The van der Waals surface area contributed by atoms with Crippen LogP contribution in [0.15, 0.2) is 83.5 Å². The number of amides is 1. The first-order valence-electron chi connectivity index (χ1n) is 9.00. The Hall–Kier alpha value is -3.07. The van der Waals surface area contributed by atoms with E-state index in [0.717, 1.165) is 14.9 Å². The number of benzene rings is 2. The van der Waals surface area contributed by atoms with Gasteiger partial charge >= 0.3 is 0 Å². The highest BCUT2D eigenvalue weighted by atomic mass is 127. The van der Waals surface area contributed by atoms with Crippen molar-refractivity contribution in [1.29, 1.82) is 0 Å². The number of anilines is 1. The summed E-state index contributed by atoms with van der Waals surface area (Å²) in [5.41, 5.74) is 1.74. The number of aromatic nitrogens is 2. The van der Waals surface area contributed by atoms with Gasteiger partial charge in [0.1, 0.15) is 18.1 Å². The normalized spacial score (nSPS) is 10.7. The molecule has 0 atom stereocenters. The summed E-state index contributed by atoms with van der Waals surface area (Å²) < 4.78 is 14.3. The van der Waals surface area contributed by atoms with Crippen molar-refractivity contribution in [3.63, 3.8) is 0 Å². The molecule has 1 N–H and O–H groups in total. The van der Waals surface area contributed by atoms with E-state index >= 15 is 0 Å². The van der Waals surface area contributed by atoms with Gasteiger partial charge in [0.05, 0.1) is 6.54 Å². The van der Waals surface area contributed by atoms with Gasteiger partial charge in [-0.3, -0.25) is 9.48 Å². The molecule has 0 radical (unpaired) electrons. The summed E-state index contributed by atoms with van der Waals surface area (Å²) >= 11 is 2.24. The first kappa shape index (κ1) is 19.3. The van der Waals surface area contributed by atoms with Crippen LogP contribution >= 0.6 is 22.6 Å². The number of hydrogen-bond acceptors (Lipinski definition) is 4. The molecule has 0 aliphatic carbocycles. The summed E-state index contributed by atoms with van der Waals surface area (Å²) in [6.07, 6.45) is 3.64. The van der Waals surface area contributed by atoms with Crippen LogP contribution in [0.25, 0.3) is 0 Å². The highest BCUT2D eigenvalue weighted by Crippen LogP contribution is 2.18. The van der Waals surface area contributed by atoms with Crippen molar-refractivity contribution in [2.45, 2.75) is 13.2 Å². The Bertz CT molecular complexity index is 1090. The SMILES string of the molecule is O=C(Nc1cccc(Cn2cccn2)c1)c1ccc(COc2ccc(I)cc2)o1. The standard InChI is InChI=1S/C22H18IN3O3/c23-17-5-7-19(8-6-17)28-15-20-9-10-21(29-20)22(27)25-18-4-1-3-16(13-18)14-26-12-2-11-24-26/h1-13H,14-15H2,(H,25,27). The molecule has 29 heavy (non-hydrogen) atoms. The molecule has 4 aromatic rings. The molecule has 0 aliphatic rings. The predicted octanol–water partition coefficient (Wildman–Crippen LogP) is 4.96. The zero-order valence-electron chi connectivity index (χ0n) is 15.4. The molecule has 2 aromatic heterocycles. The molecule has 0 unspecified atom stereocenters. The Balaban J connectivity index is 1.36. The van der Waals surface area contributed by atoms with Crippen LogP contribution in [0.4, 0.5) is 5.69 Å². The molecule has 0 saturated carbocycles. The van der Waals surface area contributed by atoms with Gasteiger partial charge in [0, 0.05) is 21.7 Å². The highest BCUT2D eigenvalue weighted by molar-refractivity contribution is 14.1. The maximum atomic E-state index is 12.5. The van der Waals surface area contributed by atoms with E-state index in [4.69, 9.17) is 9.15 Å². The lowest BCUT2D eigenvalue weighted by atomic mass is 10.2. The van der Waals surface area contributed by atoms with Gasteiger partial charge in [-0.25, -0.2) is 0 Å². The third-order valence-electron chi connectivity index (χ3n) is 4.17. The van der Waals surface area contributed by atoms with Crippen molar-refractivity contribution in [1.82, 2.24) is 9.78 Å².